The molecular weight excluding hydrogens is 189 g/mol. The van der Waals surface area contributed by atoms with Gasteiger partial charge in [0.2, 0.25) is 0 Å². The predicted molar refractivity (Wildman–Crippen MR) is 42.1 cm³/mol. The van der Waals surface area contributed by atoms with Gasteiger partial charge in [0, 0.05) is 0 Å². The molecule has 1 N–H and O–H groups in total. The summed E-state index contributed by atoms with van der Waals surface area (Å²) in [5, 5.41) is 1.66. The van der Waals surface area contributed by atoms with Crippen LogP contribution in [0.25, 0.3) is 0 Å². The van der Waals surface area contributed by atoms with Gasteiger partial charge in [0.05, 0.1) is 5.37 Å². The minimum atomic E-state index is -4.14. The van der Waals surface area contributed by atoms with Crippen LogP contribution < -0.4 is 34.9 Å². The van der Waals surface area contributed by atoms with Crippen LogP contribution in [0, 0.1) is 0 Å². The fourth-order valence-corrected chi connectivity index (χ4v) is 0.906. The van der Waals surface area contributed by atoms with Crippen molar-refractivity contribution in [3.8, 4) is 0 Å². The first-order valence-corrected chi connectivity index (χ1v) is 5.13. The molecular formula is C6H14NNaO3S. The first-order chi connectivity index (χ1) is 4.98. The van der Waals surface area contributed by atoms with Crippen LogP contribution in [-0.4, -0.2) is 24.9 Å². The Bertz CT molecular complexity index is 193. The summed E-state index contributed by atoms with van der Waals surface area (Å²) in [7, 11) is -4.14. The van der Waals surface area contributed by atoms with Crippen LogP contribution in [0.2, 0.25) is 0 Å². The number of hydrogen-bond donors (Lipinski definition) is 1. The predicted octanol–water partition coefficient (Wildman–Crippen LogP) is -2.73. The molecule has 0 heterocycles. The summed E-state index contributed by atoms with van der Waals surface area (Å²) in [5.74, 6) is 0. The Labute approximate surface area is 96.2 Å². The average Bonchev–Trinajstić information content (AvgIpc) is 1.86. The molecule has 12 heavy (non-hydrogen) atoms. The van der Waals surface area contributed by atoms with Crippen molar-refractivity contribution in [3.63, 3.8) is 0 Å². The van der Waals surface area contributed by atoms with Gasteiger partial charge in [-0.1, -0.05) is 13.3 Å². The van der Waals surface area contributed by atoms with Gasteiger partial charge in [0.1, 0.15) is 10.1 Å². The Morgan fingerprint density at radius 1 is 1.50 bits per heavy atom. The molecule has 0 aromatic rings. The maximum Gasteiger partial charge on any atom is 1.00 e. The van der Waals surface area contributed by atoms with E-state index in [9.17, 15) is 13.0 Å². The van der Waals surface area contributed by atoms with Gasteiger partial charge < -0.3 is 9.87 Å². The van der Waals surface area contributed by atoms with Crippen molar-refractivity contribution in [1.29, 1.82) is 0 Å². The van der Waals surface area contributed by atoms with Crippen LogP contribution in [0.5, 0.6) is 0 Å². The normalized spacial score (nSPS) is 13.6. The average molecular weight is 203 g/mol. The number of hydrogen-bond acceptors (Lipinski definition) is 4. The van der Waals surface area contributed by atoms with Crippen molar-refractivity contribution < 1.29 is 42.5 Å². The van der Waals surface area contributed by atoms with Gasteiger partial charge in [-0.15, -0.1) is 0 Å². The van der Waals surface area contributed by atoms with Crippen molar-refractivity contribution in [2.24, 2.45) is 0 Å². The molecule has 1 unspecified atom stereocenters. The van der Waals surface area contributed by atoms with E-state index in [1.807, 2.05) is 6.92 Å². The molecule has 0 amide bonds. The second-order valence-corrected chi connectivity index (χ2v) is 4.14. The minimum Gasteiger partial charge on any atom is -0.747 e. The number of nitrogens with one attached hydrogen (secondary N) is 1. The molecule has 0 aromatic heterocycles. The van der Waals surface area contributed by atoms with Crippen LogP contribution in [0.3, 0.4) is 0 Å². The maximum absolute atomic E-state index is 10.3. The van der Waals surface area contributed by atoms with Gasteiger partial charge in [0.25, 0.3) is 0 Å². The second-order valence-electron chi connectivity index (χ2n) is 2.44. The summed E-state index contributed by atoms with van der Waals surface area (Å²) in [6.07, 6.45) is 1.87. The van der Waals surface area contributed by atoms with E-state index in [-0.39, 0.29) is 29.6 Å². The van der Waals surface area contributed by atoms with Crippen molar-refractivity contribution in [3.05, 3.63) is 0 Å². The first-order valence-electron chi connectivity index (χ1n) is 3.66. The maximum atomic E-state index is 10.3. The zero-order valence-corrected chi connectivity index (χ0v) is 10.6. The Morgan fingerprint density at radius 3 is 2.33 bits per heavy atom. The molecule has 1 atom stereocenters. The molecule has 0 aromatic carbocycles. The van der Waals surface area contributed by atoms with Gasteiger partial charge in [-0.2, -0.15) is 0 Å². The van der Waals surface area contributed by atoms with Gasteiger partial charge in [0.15, 0.2) is 0 Å². The fourth-order valence-electron chi connectivity index (χ4n) is 0.584. The van der Waals surface area contributed by atoms with E-state index in [4.69, 9.17) is 0 Å². The number of rotatable bonds is 5. The molecule has 6 heteroatoms. The third-order valence-corrected chi connectivity index (χ3v) is 2.43. The second kappa shape index (κ2) is 7.29. The summed E-state index contributed by atoms with van der Waals surface area (Å²) in [5.41, 5.74) is 0. The van der Waals surface area contributed by atoms with E-state index < -0.39 is 15.5 Å². The Kier molecular flexibility index (Phi) is 9.32. The number of unbranched alkanes of at least 4 members (excludes halogenated alkanes) is 1. The van der Waals surface area contributed by atoms with Gasteiger partial charge in [-0.3, -0.25) is 0 Å². The molecule has 4 nitrogen and oxygen atoms in total. The summed E-state index contributed by atoms with van der Waals surface area (Å²) >= 11 is 0. The summed E-state index contributed by atoms with van der Waals surface area (Å²) in [6.45, 7) is 3.94. The molecule has 0 aliphatic heterocycles. The van der Waals surface area contributed by atoms with E-state index in [0.717, 1.165) is 12.8 Å². The Morgan fingerprint density at radius 2 is 2.00 bits per heavy atom. The molecule has 0 saturated carbocycles. The zero-order valence-electron chi connectivity index (χ0n) is 7.83. The Balaban J connectivity index is 0. The van der Waals surface area contributed by atoms with E-state index in [1.54, 1.807) is 0 Å². The van der Waals surface area contributed by atoms with Crippen molar-refractivity contribution >= 4 is 10.1 Å². The zero-order chi connectivity index (χ0) is 8.91. The van der Waals surface area contributed by atoms with E-state index in [0.29, 0.717) is 6.54 Å². The summed E-state index contributed by atoms with van der Waals surface area (Å²) in [6, 6.07) is 0. The molecule has 0 aliphatic rings. The monoisotopic (exact) mass is 203 g/mol. The smallest absolute Gasteiger partial charge is 0.747 e. The molecule has 0 aliphatic carbocycles. The van der Waals surface area contributed by atoms with Gasteiger partial charge >= 0.3 is 29.6 Å². The molecule has 0 fully saturated rings. The van der Waals surface area contributed by atoms with Crippen LogP contribution in [0.15, 0.2) is 0 Å². The molecule has 0 rings (SSSR count). The summed E-state index contributed by atoms with van der Waals surface area (Å²) in [4.78, 5) is 0. The third kappa shape index (κ3) is 7.52. The SMILES string of the molecule is CCCCNC(C)S(=O)(=O)[O-].[Na+]. The van der Waals surface area contributed by atoms with Crippen LogP contribution in [0.1, 0.15) is 26.7 Å². The van der Waals surface area contributed by atoms with Crippen LogP contribution in [0.4, 0.5) is 0 Å². The molecule has 0 saturated heterocycles. The van der Waals surface area contributed by atoms with Crippen LogP contribution in [-0.2, 0) is 10.1 Å². The van der Waals surface area contributed by atoms with E-state index in [1.165, 1.54) is 6.92 Å². The quantitative estimate of drug-likeness (QED) is 0.299. The largest absolute Gasteiger partial charge is 1.00 e. The van der Waals surface area contributed by atoms with Crippen molar-refractivity contribution in [1.82, 2.24) is 5.32 Å². The van der Waals surface area contributed by atoms with E-state index >= 15 is 0 Å². The molecule has 68 valence electrons. The van der Waals surface area contributed by atoms with Crippen molar-refractivity contribution in [2.45, 2.75) is 32.1 Å². The standard InChI is InChI=1S/C6H15NO3S.Na/c1-3-4-5-7-6(2)11(8,9)10;/h6-7H,3-5H2,1-2H3,(H,8,9,10);/q;+1/p-1. The van der Waals surface area contributed by atoms with E-state index in [2.05, 4.69) is 5.32 Å². The minimum absolute atomic E-state index is 0. The summed E-state index contributed by atoms with van der Waals surface area (Å²) < 4.78 is 30.9. The Hall–Kier alpha value is 0.870. The van der Waals surface area contributed by atoms with Crippen LogP contribution >= 0.6 is 0 Å². The molecule has 0 radical (unpaired) electrons. The van der Waals surface area contributed by atoms with Gasteiger partial charge in [-0.05, 0) is 19.9 Å². The van der Waals surface area contributed by atoms with Gasteiger partial charge in [-0.25, -0.2) is 8.42 Å². The first kappa shape index (κ1) is 15.3. The fraction of sp³-hybridized carbons (Fsp3) is 1.00. The topological polar surface area (TPSA) is 69.2 Å². The third-order valence-electron chi connectivity index (χ3n) is 1.40. The molecule has 0 bridgehead atoms. The van der Waals surface area contributed by atoms with Crippen molar-refractivity contribution in [2.75, 3.05) is 6.54 Å². The molecule has 0 spiro atoms.